The van der Waals surface area contributed by atoms with E-state index in [1.807, 2.05) is 43.3 Å². The van der Waals surface area contributed by atoms with E-state index in [9.17, 15) is 4.79 Å². The molecule has 0 aliphatic carbocycles. The fourth-order valence-electron chi connectivity index (χ4n) is 2.41. The second-order valence-electron chi connectivity index (χ2n) is 5.26. The third kappa shape index (κ3) is 4.09. The van der Waals surface area contributed by atoms with E-state index in [1.165, 1.54) is 5.56 Å². The zero-order chi connectivity index (χ0) is 15.2. The van der Waals surface area contributed by atoms with Crippen molar-refractivity contribution in [1.82, 2.24) is 0 Å². The van der Waals surface area contributed by atoms with E-state index in [0.717, 1.165) is 28.9 Å². The molecule has 21 heavy (non-hydrogen) atoms. The minimum absolute atomic E-state index is 0.0430. The van der Waals surface area contributed by atoms with Crippen molar-refractivity contribution in [1.29, 1.82) is 0 Å². The Morgan fingerprint density at radius 3 is 2.67 bits per heavy atom. The summed E-state index contributed by atoms with van der Waals surface area (Å²) in [6, 6.07) is 13.8. The topological polar surface area (TPSA) is 55.1 Å². The molecule has 0 aliphatic rings. The lowest BCUT2D eigenvalue weighted by molar-refractivity contribution is -0.116. The maximum atomic E-state index is 12.1. The van der Waals surface area contributed by atoms with Gasteiger partial charge in [-0.15, -0.1) is 0 Å². The second kappa shape index (κ2) is 6.93. The molecule has 0 atom stereocenters. The van der Waals surface area contributed by atoms with Crippen molar-refractivity contribution in [3.05, 3.63) is 59.2 Å². The molecule has 0 heterocycles. The number of aryl methyl sites for hydroxylation is 3. The minimum Gasteiger partial charge on any atom is -0.399 e. The van der Waals surface area contributed by atoms with Crippen LogP contribution in [0.1, 0.15) is 30.0 Å². The highest BCUT2D eigenvalue weighted by molar-refractivity contribution is 5.92. The summed E-state index contributed by atoms with van der Waals surface area (Å²) in [4.78, 5) is 12.1. The molecular weight excluding hydrogens is 260 g/mol. The van der Waals surface area contributed by atoms with Crippen LogP contribution in [0.3, 0.4) is 0 Å². The first-order chi connectivity index (χ1) is 10.1. The molecule has 2 rings (SSSR count). The van der Waals surface area contributed by atoms with Gasteiger partial charge in [0.2, 0.25) is 5.91 Å². The molecule has 3 heteroatoms. The number of nitrogens with one attached hydrogen (secondary N) is 1. The van der Waals surface area contributed by atoms with Gasteiger partial charge < -0.3 is 11.1 Å². The predicted molar refractivity (Wildman–Crippen MR) is 88.4 cm³/mol. The number of anilines is 2. The van der Waals surface area contributed by atoms with Crippen molar-refractivity contribution in [2.24, 2.45) is 0 Å². The Morgan fingerprint density at radius 2 is 1.95 bits per heavy atom. The van der Waals surface area contributed by atoms with Crippen LogP contribution in [-0.2, 0) is 17.6 Å². The third-order valence-electron chi connectivity index (χ3n) is 3.60. The molecule has 1 amide bonds. The van der Waals surface area contributed by atoms with Crippen molar-refractivity contribution < 1.29 is 4.79 Å². The molecule has 0 bridgehead atoms. The second-order valence-corrected chi connectivity index (χ2v) is 5.26. The molecule has 0 radical (unpaired) electrons. The molecule has 3 N–H and O–H groups in total. The van der Waals surface area contributed by atoms with E-state index in [-0.39, 0.29) is 5.91 Å². The lowest BCUT2D eigenvalue weighted by Crippen LogP contribution is -2.14. The first-order valence-electron chi connectivity index (χ1n) is 7.33. The molecule has 0 saturated heterocycles. The molecule has 110 valence electrons. The van der Waals surface area contributed by atoms with Gasteiger partial charge in [0.25, 0.3) is 0 Å². The van der Waals surface area contributed by atoms with Crippen molar-refractivity contribution in [2.45, 2.75) is 33.1 Å². The number of carbonyl (C=O) groups excluding carboxylic acids is 1. The first-order valence-corrected chi connectivity index (χ1v) is 7.33. The molecule has 2 aromatic rings. The predicted octanol–water partition coefficient (Wildman–Crippen LogP) is 3.71. The van der Waals surface area contributed by atoms with Gasteiger partial charge in [-0.2, -0.15) is 0 Å². The normalized spacial score (nSPS) is 10.4. The number of carbonyl (C=O) groups is 1. The van der Waals surface area contributed by atoms with Gasteiger partial charge in [-0.25, -0.2) is 0 Å². The van der Waals surface area contributed by atoms with Crippen LogP contribution >= 0.6 is 0 Å². The smallest absolute Gasteiger partial charge is 0.224 e. The minimum atomic E-state index is 0.0430. The van der Waals surface area contributed by atoms with Gasteiger partial charge in [0.15, 0.2) is 0 Å². The van der Waals surface area contributed by atoms with Crippen molar-refractivity contribution >= 4 is 17.3 Å². The van der Waals surface area contributed by atoms with Gasteiger partial charge in [0.1, 0.15) is 0 Å². The van der Waals surface area contributed by atoms with Crippen LogP contribution in [0.5, 0.6) is 0 Å². The van der Waals surface area contributed by atoms with Gasteiger partial charge in [-0.1, -0.05) is 37.3 Å². The van der Waals surface area contributed by atoms with Gasteiger partial charge in [-0.3, -0.25) is 4.79 Å². The Labute approximate surface area is 126 Å². The van der Waals surface area contributed by atoms with Crippen LogP contribution in [0.2, 0.25) is 0 Å². The summed E-state index contributed by atoms with van der Waals surface area (Å²) in [6.07, 6.45) is 2.07. The summed E-state index contributed by atoms with van der Waals surface area (Å²) < 4.78 is 0. The number of rotatable bonds is 5. The number of hydrogen-bond donors (Lipinski definition) is 2. The fourth-order valence-corrected chi connectivity index (χ4v) is 2.41. The summed E-state index contributed by atoms with van der Waals surface area (Å²) in [5.41, 5.74) is 10.8. The summed E-state index contributed by atoms with van der Waals surface area (Å²) >= 11 is 0. The molecule has 2 aromatic carbocycles. The van der Waals surface area contributed by atoms with Crippen molar-refractivity contribution in [3.8, 4) is 0 Å². The number of para-hydroxylation sites is 1. The van der Waals surface area contributed by atoms with Gasteiger partial charge in [-0.05, 0) is 48.6 Å². The average Bonchev–Trinajstić information content (AvgIpc) is 2.47. The fraction of sp³-hybridized carbons (Fsp3) is 0.278. The first kappa shape index (κ1) is 15.1. The average molecular weight is 282 g/mol. The highest BCUT2D eigenvalue weighted by Gasteiger charge is 2.08. The van der Waals surface area contributed by atoms with Crippen LogP contribution in [0.4, 0.5) is 11.4 Å². The SMILES string of the molecule is CCc1cccc(C)c1NC(=O)CCc1cccc(N)c1. The molecule has 0 aliphatic heterocycles. The van der Waals surface area contributed by atoms with Crippen molar-refractivity contribution in [2.75, 3.05) is 11.1 Å². The standard InChI is InChI=1S/C18H22N2O/c1-3-15-8-4-6-13(2)18(15)20-17(21)11-10-14-7-5-9-16(19)12-14/h4-9,12H,3,10-11,19H2,1-2H3,(H,20,21). The number of nitrogens with two attached hydrogens (primary N) is 1. The van der Waals surface area contributed by atoms with Crippen LogP contribution in [0.15, 0.2) is 42.5 Å². The molecule has 0 aromatic heterocycles. The zero-order valence-electron chi connectivity index (χ0n) is 12.6. The third-order valence-corrected chi connectivity index (χ3v) is 3.60. The Morgan fingerprint density at radius 1 is 1.19 bits per heavy atom. The van der Waals surface area contributed by atoms with Gasteiger partial charge >= 0.3 is 0 Å². The largest absolute Gasteiger partial charge is 0.399 e. The lowest BCUT2D eigenvalue weighted by atomic mass is 10.0. The van der Waals surface area contributed by atoms with E-state index in [4.69, 9.17) is 5.73 Å². The Balaban J connectivity index is 1.99. The highest BCUT2D eigenvalue weighted by atomic mass is 16.1. The monoisotopic (exact) mass is 282 g/mol. The van der Waals surface area contributed by atoms with E-state index in [1.54, 1.807) is 0 Å². The Bertz CT molecular complexity index is 635. The quantitative estimate of drug-likeness (QED) is 0.821. The molecule has 0 unspecified atom stereocenters. The lowest BCUT2D eigenvalue weighted by Gasteiger charge is -2.13. The van der Waals surface area contributed by atoms with Gasteiger partial charge in [0, 0.05) is 17.8 Å². The summed E-state index contributed by atoms with van der Waals surface area (Å²) in [6.45, 7) is 4.11. The van der Waals surface area contributed by atoms with Crippen LogP contribution in [-0.4, -0.2) is 5.91 Å². The van der Waals surface area contributed by atoms with Gasteiger partial charge in [0.05, 0.1) is 0 Å². The molecule has 0 spiro atoms. The van der Waals surface area contributed by atoms with E-state index in [2.05, 4.69) is 18.3 Å². The van der Waals surface area contributed by atoms with Crippen LogP contribution < -0.4 is 11.1 Å². The number of nitrogen functional groups attached to an aromatic ring is 1. The molecular formula is C18H22N2O. The van der Waals surface area contributed by atoms with Crippen LogP contribution in [0.25, 0.3) is 0 Å². The number of hydrogen-bond acceptors (Lipinski definition) is 2. The maximum absolute atomic E-state index is 12.1. The maximum Gasteiger partial charge on any atom is 0.224 e. The van der Waals surface area contributed by atoms with E-state index in [0.29, 0.717) is 12.8 Å². The molecule has 0 saturated carbocycles. The van der Waals surface area contributed by atoms with Crippen LogP contribution in [0, 0.1) is 6.92 Å². The molecule has 3 nitrogen and oxygen atoms in total. The Kier molecular flexibility index (Phi) is 4.99. The number of benzene rings is 2. The summed E-state index contributed by atoms with van der Waals surface area (Å²) in [5.74, 6) is 0.0430. The zero-order valence-corrected chi connectivity index (χ0v) is 12.6. The molecule has 0 fully saturated rings. The van der Waals surface area contributed by atoms with E-state index < -0.39 is 0 Å². The van der Waals surface area contributed by atoms with E-state index >= 15 is 0 Å². The summed E-state index contributed by atoms with van der Waals surface area (Å²) in [7, 11) is 0. The van der Waals surface area contributed by atoms with Crippen molar-refractivity contribution in [3.63, 3.8) is 0 Å². The highest BCUT2D eigenvalue weighted by Crippen LogP contribution is 2.21. The summed E-state index contributed by atoms with van der Waals surface area (Å²) in [5, 5.41) is 3.04. The number of amides is 1. The Hall–Kier alpha value is -2.29.